The van der Waals surface area contributed by atoms with Crippen LogP contribution in [0.1, 0.15) is 40.2 Å². The van der Waals surface area contributed by atoms with Crippen LogP contribution in [0.3, 0.4) is 0 Å². The Kier molecular flexibility index (Phi) is 5.63. The summed E-state index contributed by atoms with van der Waals surface area (Å²) in [5, 5.41) is 13.4. The maximum Gasteiger partial charge on any atom is 0.258 e. The highest BCUT2D eigenvalue weighted by Gasteiger charge is 2.15. The molecule has 2 N–H and O–H groups in total. The van der Waals surface area contributed by atoms with Crippen molar-refractivity contribution in [2.45, 2.75) is 26.9 Å². The van der Waals surface area contributed by atoms with Crippen LogP contribution in [0.5, 0.6) is 0 Å². The molecule has 2 heterocycles. The van der Waals surface area contributed by atoms with Gasteiger partial charge < -0.3 is 15.0 Å². The minimum Gasteiger partial charge on any atom is -0.389 e. The molecule has 4 rings (SSSR count). The monoisotopic (exact) mass is 427 g/mol. The number of carbonyl (C=O) groups excluding carboxylic acids is 1. The van der Waals surface area contributed by atoms with Gasteiger partial charge in [-0.05, 0) is 73.9 Å². The van der Waals surface area contributed by atoms with Gasteiger partial charge in [-0.15, -0.1) is 0 Å². The first kappa shape index (κ1) is 21.5. The Morgan fingerprint density at radius 3 is 2.44 bits per heavy atom. The normalized spacial score (nSPS) is 12.0. The molecule has 162 valence electrons. The van der Waals surface area contributed by atoms with E-state index in [0.717, 1.165) is 27.7 Å². The van der Waals surface area contributed by atoms with Crippen LogP contribution in [-0.2, 0) is 7.05 Å². The van der Waals surface area contributed by atoms with E-state index in [1.54, 1.807) is 61.1 Å². The first-order valence-corrected chi connectivity index (χ1v) is 10.4. The van der Waals surface area contributed by atoms with Crippen LogP contribution in [0.15, 0.2) is 65.6 Å². The van der Waals surface area contributed by atoms with E-state index >= 15 is 0 Å². The number of aliphatic hydroxyl groups is 1. The number of nitrogens with one attached hydrogen (secondary N) is 1. The number of aryl methyl sites for hydroxylation is 3. The number of fused-ring (bicyclic) bond motifs is 1. The van der Waals surface area contributed by atoms with Gasteiger partial charge in [-0.3, -0.25) is 14.6 Å². The molecule has 0 fully saturated rings. The topological polar surface area (TPSA) is 84.2 Å². The van der Waals surface area contributed by atoms with Crippen molar-refractivity contribution in [2.75, 3.05) is 5.32 Å². The van der Waals surface area contributed by atoms with Gasteiger partial charge in [0.25, 0.3) is 11.5 Å². The van der Waals surface area contributed by atoms with Crippen molar-refractivity contribution in [3.63, 3.8) is 0 Å². The molecule has 4 aromatic rings. The molecule has 1 unspecified atom stereocenters. The SMILES string of the molecule is Cc1cc2c(cn1)cc(-c1cc(C(=O)Nc3ccc(C(C)O)cc3)ccc1C)c(=O)n2C. The fourth-order valence-electron chi connectivity index (χ4n) is 3.76. The number of nitrogens with zero attached hydrogens (tertiary/aromatic N) is 2. The summed E-state index contributed by atoms with van der Waals surface area (Å²) >= 11 is 0. The van der Waals surface area contributed by atoms with Crippen LogP contribution in [0.2, 0.25) is 0 Å². The van der Waals surface area contributed by atoms with E-state index in [1.165, 1.54) is 0 Å². The summed E-state index contributed by atoms with van der Waals surface area (Å²) in [5.41, 5.74) is 5.53. The molecule has 0 bridgehead atoms. The molecule has 1 atom stereocenters. The Bertz CT molecular complexity index is 1390. The lowest BCUT2D eigenvalue weighted by atomic mass is 9.97. The molecular formula is C26H25N3O3. The third-order valence-electron chi connectivity index (χ3n) is 5.69. The molecule has 1 amide bonds. The number of benzene rings is 2. The second kappa shape index (κ2) is 8.40. The number of aliphatic hydroxyl groups excluding tert-OH is 1. The lowest BCUT2D eigenvalue weighted by Gasteiger charge is -2.13. The number of hydrogen-bond acceptors (Lipinski definition) is 4. The molecule has 0 radical (unpaired) electrons. The molecular weight excluding hydrogens is 402 g/mol. The zero-order valence-corrected chi connectivity index (χ0v) is 18.5. The molecule has 2 aromatic heterocycles. The van der Waals surface area contributed by atoms with Gasteiger partial charge in [0.15, 0.2) is 0 Å². The largest absolute Gasteiger partial charge is 0.389 e. The number of pyridine rings is 2. The molecule has 0 aliphatic rings. The number of hydrogen-bond donors (Lipinski definition) is 2. The van der Waals surface area contributed by atoms with Gasteiger partial charge in [-0.1, -0.05) is 18.2 Å². The summed E-state index contributed by atoms with van der Waals surface area (Å²) in [4.78, 5) is 30.4. The Morgan fingerprint density at radius 1 is 1.03 bits per heavy atom. The Balaban J connectivity index is 1.72. The summed E-state index contributed by atoms with van der Waals surface area (Å²) in [6, 6.07) is 16.1. The van der Waals surface area contributed by atoms with E-state index in [-0.39, 0.29) is 11.5 Å². The lowest BCUT2D eigenvalue weighted by molar-refractivity contribution is 0.102. The molecule has 0 saturated carbocycles. The molecule has 2 aromatic carbocycles. The van der Waals surface area contributed by atoms with Crippen molar-refractivity contribution in [1.82, 2.24) is 9.55 Å². The lowest BCUT2D eigenvalue weighted by Crippen LogP contribution is -2.20. The van der Waals surface area contributed by atoms with Crippen LogP contribution in [0, 0.1) is 13.8 Å². The number of rotatable bonds is 4. The van der Waals surface area contributed by atoms with Gasteiger partial charge in [-0.25, -0.2) is 0 Å². The summed E-state index contributed by atoms with van der Waals surface area (Å²) in [7, 11) is 1.75. The first-order chi connectivity index (χ1) is 15.2. The van der Waals surface area contributed by atoms with E-state index in [9.17, 15) is 14.7 Å². The fraction of sp³-hybridized carbons (Fsp3) is 0.192. The van der Waals surface area contributed by atoms with E-state index in [2.05, 4.69) is 10.3 Å². The second-order valence-electron chi connectivity index (χ2n) is 8.09. The average molecular weight is 428 g/mol. The maximum atomic E-state index is 13.1. The Labute approximate surface area is 186 Å². The zero-order valence-electron chi connectivity index (χ0n) is 18.5. The van der Waals surface area contributed by atoms with Crippen molar-refractivity contribution < 1.29 is 9.90 Å². The Morgan fingerprint density at radius 2 is 1.75 bits per heavy atom. The smallest absolute Gasteiger partial charge is 0.258 e. The van der Waals surface area contributed by atoms with Crippen LogP contribution < -0.4 is 10.9 Å². The van der Waals surface area contributed by atoms with Gasteiger partial charge in [0.1, 0.15) is 0 Å². The van der Waals surface area contributed by atoms with Crippen LogP contribution in [0.25, 0.3) is 22.0 Å². The minimum absolute atomic E-state index is 0.127. The standard InChI is InChI=1S/C26H25N3O3/c1-15-5-6-19(25(31)28-21-9-7-18(8-10-21)17(3)30)12-22(15)23-13-20-14-27-16(2)11-24(20)29(4)26(23)32/h5-14,17,30H,1-4H3,(H,28,31). The minimum atomic E-state index is -0.567. The number of aromatic nitrogens is 2. The van der Waals surface area contributed by atoms with Crippen molar-refractivity contribution in [2.24, 2.45) is 7.05 Å². The van der Waals surface area contributed by atoms with Crippen molar-refractivity contribution in [1.29, 1.82) is 0 Å². The first-order valence-electron chi connectivity index (χ1n) is 10.4. The fourth-order valence-corrected chi connectivity index (χ4v) is 3.76. The summed E-state index contributed by atoms with van der Waals surface area (Å²) < 4.78 is 1.62. The summed E-state index contributed by atoms with van der Waals surface area (Å²) in [6.45, 7) is 5.50. The zero-order chi connectivity index (χ0) is 23.0. The van der Waals surface area contributed by atoms with Gasteiger partial charge in [-0.2, -0.15) is 0 Å². The predicted octanol–water partition coefficient (Wildman–Crippen LogP) is 4.52. The van der Waals surface area contributed by atoms with Crippen LogP contribution in [0.4, 0.5) is 5.69 Å². The Hall–Kier alpha value is -3.77. The number of anilines is 1. The predicted molar refractivity (Wildman–Crippen MR) is 127 cm³/mol. The van der Waals surface area contributed by atoms with Crippen LogP contribution >= 0.6 is 0 Å². The highest BCUT2D eigenvalue weighted by molar-refractivity contribution is 6.05. The van der Waals surface area contributed by atoms with Crippen LogP contribution in [-0.4, -0.2) is 20.6 Å². The summed E-state index contributed by atoms with van der Waals surface area (Å²) in [5.74, 6) is -0.272. The van der Waals surface area contributed by atoms with Gasteiger partial charge in [0, 0.05) is 41.1 Å². The third-order valence-corrected chi connectivity index (χ3v) is 5.69. The van der Waals surface area contributed by atoms with Gasteiger partial charge >= 0.3 is 0 Å². The molecule has 6 heteroatoms. The molecule has 0 spiro atoms. The van der Waals surface area contributed by atoms with E-state index in [1.807, 2.05) is 32.0 Å². The molecule has 0 aliphatic carbocycles. The van der Waals surface area contributed by atoms with E-state index < -0.39 is 6.10 Å². The average Bonchev–Trinajstić information content (AvgIpc) is 2.77. The van der Waals surface area contributed by atoms with Gasteiger partial charge in [0.2, 0.25) is 0 Å². The van der Waals surface area contributed by atoms with Gasteiger partial charge in [0.05, 0.1) is 11.6 Å². The second-order valence-corrected chi connectivity index (χ2v) is 8.09. The number of carbonyl (C=O) groups is 1. The van der Waals surface area contributed by atoms with Crippen molar-refractivity contribution in [3.8, 4) is 11.1 Å². The highest BCUT2D eigenvalue weighted by Crippen LogP contribution is 2.26. The third kappa shape index (κ3) is 4.05. The van der Waals surface area contributed by atoms with E-state index in [0.29, 0.717) is 22.4 Å². The van der Waals surface area contributed by atoms with E-state index in [4.69, 9.17) is 0 Å². The number of amides is 1. The van der Waals surface area contributed by atoms with Crippen molar-refractivity contribution in [3.05, 3.63) is 93.5 Å². The molecule has 0 aliphatic heterocycles. The molecule has 6 nitrogen and oxygen atoms in total. The molecule has 0 saturated heterocycles. The maximum absolute atomic E-state index is 13.1. The summed E-state index contributed by atoms with van der Waals surface area (Å²) in [6.07, 6.45) is 1.19. The quantitative estimate of drug-likeness (QED) is 0.501. The van der Waals surface area contributed by atoms with Crippen molar-refractivity contribution >= 4 is 22.5 Å². The highest BCUT2D eigenvalue weighted by atomic mass is 16.3. The molecule has 32 heavy (non-hydrogen) atoms.